The van der Waals surface area contributed by atoms with Gasteiger partial charge >= 0.3 is 6.36 Å². The molecule has 0 atom stereocenters. The third kappa shape index (κ3) is 6.80. The number of piperazine rings is 1. The van der Waals surface area contributed by atoms with Crippen LogP contribution in [0.2, 0.25) is 5.02 Å². The summed E-state index contributed by atoms with van der Waals surface area (Å²) in [4.78, 5) is 38.5. The highest BCUT2D eigenvalue weighted by molar-refractivity contribution is 6.34. The summed E-state index contributed by atoms with van der Waals surface area (Å²) in [5, 5.41) is 13.4. The number of amides is 2. The molecule has 1 aliphatic heterocycles. The maximum atomic E-state index is 12.7. The smallest absolute Gasteiger partial charge is 0.406 e. The van der Waals surface area contributed by atoms with E-state index in [-0.39, 0.29) is 34.6 Å². The van der Waals surface area contributed by atoms with E-state index in [2.05, 4.69) is 10.1 Å². The van der Waals surface area contributed by atoms with Crippen molar-refractivity contribution in [2.24, 2.45) is 0 Å². The van der Waals surface area contributed by atoms with Crippen LogP contribution in [-0.2, 0) is 4.79 Å². The van der Waals surface area contributed by atoms with E-state index in [1.54, 1.807) is 4.90 Å². The third-order valence-electron chi connectivity index (χ3n) is 4.79. The lowest BCUT2D eigenvalue weighted by molar-refractivity contribution is -0.384. The third-order valence-corrected chi connectivity index (χ3v) is 5.10. The largest absolute Gasteiger partial charge is 0.573 e. The number of benzene rings is 2. The predicted molar refractivity (Wildman–Crippen MR) is 112 cm³/mol. The minimum Gasteiger partial charge on any atom is -0.406 e. The van der Waals surface area contributed by atoms with Crippen LogP contribution in [0, 0.1) is 10.1 Å². The molecular weight excluding hydrogens is 469 g/mol. The standard InChI is InChI=1S/C20H18ClF3N4O5/c21-17-11-14(28(31)32)3-6-16(17)19(30)27-9-7-26(8-10-27)12-18(29)25-13-1-4-15(5-2-13)33-20(22,23)24/h1-6,11H,7-10,12H2,(H,25,29). The molecule has 1 fully saturated rings. The Labute approximate surface area is 190 Å². The highest BCUT2D eigenvalue weighted by atomic mass is 35.5. The quantitative estimate of drug-likeness (QED) is 0.494. The predicted octanol–water partition coefficient (Wildman–Crippen LogP) is 3.54. The molecule has 0 aliphatic carbocycles. The van der Waals surface area contributed by atoms with Gasteiger partial charge in [0, 0.05) is 44.0 Å². The van der Waals surface area contributed by atoms with Gasteiger partial charge in [0.05, 0.1) is 22.1 Å². The number of nitro groups is 1. The number of nitrogens with one attached hydrogen (secondary N) is 1. The molecule has 2 aromatic rings. The molecule has 176 valence electrons. The maximum absolute atomic E-state index is 12.7. The molecule has 2 amide bonds. The number of hydrogen-bond donors (Lipinski definition) is 1. The van der Waals surface area contributed by atoms with E-state index in [4.69, 9.17) is 11.6 Å². The van der Waals surface area contributed by atoms with Gasteiger partial charge in [-0.25, -0.2) is 0 Å². The van der Waals surface area contributed by atoms with Gasteiger partial charge in [0.25, 0.3) is 11.6 Å². The number of rotatable bonds is 6. The zero-order valence-electron chi connectivity index (χ0n) is 17.0. The molecular formula is C20H18ClF3N4O5. The molecule has 0 radical (unpaired) electrons. The van der Waals surface area contributed by atoms with E-state index in [1.807, 2.05) is 4.90 Å². The molecule has 0 aromatic heterocycles. The normalized spacial score (nSPS) is 14.6. The van der Waals surface area contributed by atoms with Crippen molar-refractivity contribution in [3.63, 3.8) is 0 Å². The fourth-order valence-corrected chi connectivity index (χ4v) is 3.47. The second-order valence-corrected chi connectivity index (χ2v) is 7.52. The van der Waals surface area contributed by atoms with Gasteiger partial charge in [0.2, 0.25) is 5.91 Å². The van der Waals surface area contributed by atoms with Crippen molar-refractivity contribution in [1.82, 2.24) is 9.80 Å². The van der Waals surface area contributed by atoms with Crippen LogP contribution in [-0.4, -0.2) is 65.6 Å². The van der Waals surface area contributed by atoms with Crippen LogP contribution in [0.25, 0.3) is 0 Å². The lowest BCUT2D eigenvalue weighted by atomic mass is 10.1. The number of carbonyl (C=O) groups is 2. The number of halogens is 4. The van der Waals surface area contributed by atoms with Crippen LogP contribution in [0.4, 0.5) is 24.5 Å². The minimum atomic E-state index is -4.79. The first-order valence-electron chi connectivity index (χ1n) is 9.63. The SMILES string of the molecule is O=C(CN1CCN(C(=O)c2ccc([N+](=O)[O-])cc2Cl)CC1)Nc1ccc(OC(F)(F)F)cc1. The number of non-ortho nitro benzene ring substituents is 1. The molecule has 1 heterocycles. The minimum absolute atomic E-state index is 0.0114. The summed E-state index contributed by atoms with van der Waals surface area (Å²) in [6.07, 6.45) is -4.79. The van der Waals surface area contributed by atoms with Gasteiger partial charge in [0.1, 0.15) is 5.75 Å². The van der Waals surface area contributed by atoms with Gasteiger partial charge in [-0.1, -0.05) is 11.6 Å². The molecule has 1 saturated heterocycles. The van der Waals surface area contributed by atoms with E-state index in [0.717, 1.165) is 18.2 Å². The number of anilines is 1. The summed E-state index contributed by atoms with van der Waals surface area (Å²) >= 11 is 6.02. The van der Waals surface area contributed by atoms with Crippen molar-refractivity contribution in [3.8, 4) is 5.75 Å². The van der Waals surface area contributed by atoms with Crippen LogP contribution in [0.15, 0.2) is 42.5 Å². The van der Waals surface area contributed by atoms with E-state index in [0.29, 0.717) is 31.9 Å². The molecule has 3 rings (SSSR count). The Morgan fingerprint density at radius 2 is 1.73 bits per heavy atom. The van der Waals surface area contributed by atoms with E-state index in [9.17, 15) is 32.9 Å². The van der Waals surface area contributed by atoms with E-state index < -0.39 is 17.0 Å². The van der Waals surface area contributed by atoms with Crippen LogP contribution in [0.3, 0.4) is 0 Å². The van der Waals surface area contributed by atoms with Gasteiger partial charge in [-0.15, -0.1) is 13.2 Å². The summed E-state index contributed by atoms with van der Waals surface area (Å²) in [5.74, 6) is -1.12. The Morgan fingerprint density at radius 3 is 2.27 bits per heavy atom. The zero-order valence-corrected chi connectivity index (χ0v) is 17.7. The highest BCUT2D eigenvalue weighted by Crippen LogP contribution is 2.25. The maximum Gasteiger partial charge on any atom is 0.573 e. The number of hydrogen-bond acceptors (Lipinski definition) is 6. The summed E-state index contributed by atoms with van der Waals surface area (Å²) in [6, 6.07) is 8.42. The van der Waals surface area contributed by atoms with Crippen molar-refractivity contribution < 1.29 is 32.4 Å². The Bertz CT molecular complexity index is 1040. The van der Waals surface area contributed by atoms with Crippen molar-refractivity contribution >= 4 is 34.8 Å². The number of nitro benzene ring substituents is 1. The molecule has 0 unspecified atom stereocenters. The van der Waals surface area contributed by atoms with E-state index >= 15 is 0 Å². The Morgan fingerprint density at radius 1 is 1.09 bits per heavy atom. The zero-order chi connectivity index (χ0) is 24.2. The molecule has 9 nitrogen and oxygen atoms in total. The molecule has 0 saturated carbocycles. The lowest BCUT2D eigenvalue weighted by Crippen LogP contribution is -2.50. The molecule has 33 heavy (non-hydrogen) atoms. The number of alkyl halides is 3. The van der Waals surface area contributed by atoms with Gasteiger partial charge in [-0.2, -0.15) is 0 Å². The van der Waals surface area contributed by atoms with Crippen molar-refractivity contribution in [3.05, 3.63) is 63.2 Å². The summed E-state index contributed by atoms with van der Waals surface area (Å²) in [5.41, 5.74) is 0.262. The fourth-order valence-electron chi connectivity index (χ4n) is 3.21. The Balaban J connectivity index is 1.48. The molecule has 1 N–H and O–H groups in total. The van der Waals surface area contributed by atoms with Crippen molar-refractivity contribution in [2.75, 3.05) is 38.0 Å². The Kier molecular flexibility index (Phi) is 7.39. The number of ether oxygens (including phenoxy) is 1. The monoisotopic (exact) mass is 486 g/mol. The van der Waals surface area contributed by atoms with Crippen molar-refractivity contribution in [1.29, 1.82) is 0 Å². The lowest BCUT2D eigenvalue weighted by Gasteiger charge is -2.34. The van der Waals surface area contributed by atoms with Crippen LogP contribution >= 0.6 is 11.6 Å². The average molecular weight is 487 g/mol. The first-order chi connectivity index (χ1) is 15.5. The van der Waals surface area contributed by atoms with Gasteiger partial charge in [-0.3, -0.25) is 24.6 Å². The topological polar surface area (TPSA) is 105 Å². The summed E-state index contributed by atoms with van der Waals surface area (Å²) < 4.78 is 40.4. The highest BCUT2D eigenvalue weighted by Gasteiger charge is 2.31. The molecule has 1 aliphatic rings. The molecule has 0 bridgehead atoms. The first kappa shape index (κ1) is 24.3. The van der Waals surface area contributed by atoms with Crippen LogP contribution in [0.5, 0.6) is 5.75 Å². The van der Waals surface area contributed by atoms with Crippen LogP contribution < -0.4 is 10.1 Å². The summed E-state index contributed by atoms with van der Waals surface area (Å²) in [7, 11) is 0. The van der Waals surface area contributed by atoms with Crippen LogP contribution in [0.1, 0.15) is 10.4 Å². The molecule has 0 spiro atoms. The fraction of sp³-hybridized carbons (Fsp3) is 0.300. The summed E-state index contributed by atoms with van der Waals surface area (Å²) in [6.45, 7) is 1.48. The van der Waals surface area contributed by atoms with Gasteiger partial charge in [0.15, 0.2) is 0 Å². The van der Waals surface area contributed by atoms with Gasteiger partial charge < -0.3 is 15.0 Å². The molecule has 13 heteroatoms. The van der Waals surface area contributed by atoms with Crippen molar-refractivity contribution in [2.45, 2.75) is 6.36 Å². The second kappa shape index (κ2) is 10.0. The average Bonchev–Trinajstić information content (AvgIpc) is 2.74. The second-order valence-electron chi connectivity index (χ2n) is 7.11. The van der Waals surface area contributed by atoms with E-state index in [1.165, 1.54) is 24.3 Å². The number of carbonyl (C=O) groups excluding carboxylic acids is 2. The first-order valence-corrected chi connectivity index (χ1v) is 10.0. The number of nitrogens with zero attached hydrogens (tertiary/aromatic N) is 3. The van der Waals surface area contributed by atoms with Gasteiger partial charge in [-0.05, 0) is 30.3 Å². The Hall–Kier alpha value is -3.38. The molecule has 2 aromatic carbocycles.